The van der Waals surface area contributed by atoms with Crippen LogP contribution in [0.15, 0.2) is 76.7 Å². The van der Waals surface area contributed by atoms with Crippen LogP contribution in [0.3, 0.4) is 0 Å². The molecule has 0 aliphatic heterocycles. The molecule has 0 saturated heterocycles. The lowest BCUT2D eigenvalue weighted by molar-refractivity contribution is 0.101. The van der Waals surface area contributed by atoms with Gasteiger partial charge in [0.25, 0.3) is 5.56 Å². The second-order valence-corrected chi connectivity index (χ2v) is 8.27. The topological polar surface area (TPSA) is 70.4 Å². The fourth-order valence-corrected chi connectivity index (χ4v) is 4.57. The summed E-state index contributed by atoms with van der Waals surface area (Å²) in [6, 6.07) is 20.1. The Bertz CT molecular complexity index is 1380. The highest BCUT2D eigenvalue weighted by molar-refractivity contribution is 7.98. The van der Waals surface area contributed by atoms with Crippen molar-refractivity contribution in [3.63, 3.8) is 0 Å². The van der Waals surface area contributed by atoms with Gasteiger partial charge in [0, 0.05) is 16.9 Å². The summed E-state index contributed by atoms with van der Waals surface area (Å²) in [5.74, 6) is 1.74. The summed E-state index contributed by atoms with van der Waals surface area (Å²) in [7, 11) is 1.58. The smallest absolute Gasteiger partial charge is 0.266 e. The molecule has 1 heterocycles. The molecule has 0 spiro atoms. The predicted molar refractivity (Wildman–Crippen MR) is 131 cm³/mol. The van der Waals surface area contributed by atoms with Gasteiger partial charge < -0.3 is 9.47 Å². The van der Waals surface area contributed by atoms with Crippen molar-refractivity contribution in [1.29, 1.82) is 0 Å². The summed E-state index contributed by atoms with van der Waals surface area (Å²) in [4.78, 5) is 30.2. The van der Waals surface area contributed by atoms with Crippen LogP contribution < -0.4 is 15.0 Å². The third kappa shape index (κ3) is 4.64. The minimum atomic E-state index is -0.171. The van der Waals surface area contributed by atoms with Crippen LogP contribution in [0.5, 0.6) is 11.5 Å². The molecule has 0 unspecified atom stereocenters. The number of Topliss-reactive ketones (excluding diaryl/α,β-unsaturated/α-hetero) is 1. The van der Waals surface area contributed by atoms with Crippen LogP contribution in [-0.4, -0.2) is 29.1 Å². The van der Waals surface area contributed by atoms with Gasteiger partial charge in [-0.2, -0.15) is 0 Å². The van der Waals surface area contributed by atoms with E-state index in [2.05, 4.69) is 0 Å². The molecule has 33 heavy (non-hydrogen) atoms. The Balaban J connectivity index is 1.84. The van der Waals surface area contributed by atoms with Crippen molar-refractivity contribution in [2.45, 2.75) is 24.8 Å². The largest absolute Gasteiger partial charge is 0.495 e. The first-order valence-corrected chi connectivity index (χ1v) is 11.6. The number of aromatic nitrogens is 2. The van der Waals surface area contributed by atoms with E-state index in [4.69, 9.17) is 14.5 Å². The zero-order chi connectivity index (χ0) is 23.4. The van der Waals surface area contributed by atoms with E-state index in [0.29, 0.717) is 51.2 Å². The van der Waals surface area contributed by atoms with Crippen molar-refractivity contribution in [3.8, 4) is 17.2 Å². The number of ketones is 1. The SMILES string of the molecule is CCOc1ccc(C(C)=O)cc1CSc1nc2ccccc2c(=O)n1-c1ccccc1OC. The Morgan fingerprint density at radius 2 is 1.79 bits per heavy atom. The number of thioether (sulfide) groups is 1. The summed E-state index contributed by atoms with van der Waals surface area (Å²) in [5, 5.41) is 1.06. The first kappa shape index (κ1) is 22.6. The number of benzene rings is 3. The molecule has 4 aromatic rings. The Morgan fingerprint density at radius 3 is 2.55 bits per heavy atom. The van der Waals surface area contributed by atoms with E-state index in [0.717, 1.165) is 5.56 Å². The van der Waals surface area contributed by atoms with E-state index >= 15 is 0 Å². The minimum absolute atomic E-state index is 0.0148. The monoisotopic (exact) mass is 460 g/mol. The van der Waals surface area contributed by atoms with E-state index in [1.165, 1.54) is 18.7 Å². The molecule has 0 radical (unpaired) electrons. The van der Waals surface area contributed by atoms with Crippen molar-refractivity contribution in [3.05, 3.63) is 88.2 Å². The van der Waals surface area contributed by atoms with Gasteiger partial charge in [0.05, 0.1) is 30.3 Å². The van der Waals surface area contributed by atoms with Crippen LogP contribution in [-0.2, 0) is 5.75 Å². The quantitative estimate of drug-likeness (QED) is 0.202. The van der Waals surface area contributed by atoms with Gasteiger partial charge in [-0.1, -0.05) is 36.0 Å². The molecule has 0 aliphatic carbocycles. The van der Waals surface area contributed by atoms with E-state index in [1.54, 1.807) is 23.8 Å². The minimum Gasteiger partial charge on any atom is -0.495 e. The van der Waals surface area contributed by atoms with Crippen molar-refractivity contribution in [2.75, 3.05) is 13.7 Å². The third-order valence-electron chi connectivity index (χ3n) is 5.19. The number of nitrogens with zero attached hydrogens (tertiary/aromatic N) is 2. The van der Waals surface area contributed by atoms with Crippen LogP contribution in [0.1, 0.15) is 29.8 Å². The number of ether oxygens (including phenoxy) is 2. The number of rotatable bonds is 8. The molecule has 0 fully saturated rings. The number of fused-ring (bicyclic) bond motifs is 1. The molecule has 7 heteroatoms. The molecule has 1 aromatic heterocycles. The maximum Gasteiger partial charge on any atom is 0.266 e. The lowest BCUT2D eigenvalue weighted by Crippen LogP contribution is -2.22. The average molecular weight is 461 g/mol. The Labute approximate surface area is 196 Å². The molecule has 3 aromatic carbocycles. The van der Waals surface area contributed by atoms with Gasteiger partial charge in [0.1, 0.15) is 11.5 Å². The van der Waals surface area contributed by atoms with E-state index < -0.39 is 0 Å². The molecular weight excluding hydrogens is 436 g/mol. The molecule has 0 saturated carbocycles. The lowest BCUT2D eigenvalue weighted by Gasteiger charge is -2.16. The summed E-state index contributed by atoms with van der Waals surface area (Å²) in [6.07, 6.45) is 0. The molecule has 0 amide bonds. The highest BCUT2D eigenvalue weighted by atomic mass is 32.2. The number of para-hydroxylation sites is 3. The molecule has 0 bridgehead atoms. The standard InChI is InChI=1S/C26H24N2O4S/c1-4-32-23-14-13-18(17(2)29)15-19(23)16-33-26-27-21-10-6-5-9-20(21)25(30)28(26)22-11-7-8-12-24(22)31-3/h5-15H,4,16H2,1-3H3. The maximum atomic E-state index is 13.5. The van der Waals surface area contributed by atoms with Gasteiger partial charge in [-0.25, -0.2) is 4.98 Å². The van der Waals surface area contributed by atoms with E-state index in [-0.39, 0.29) is 11.3 Å². The normalized spacial score (nSPS) is 10.9. The van der Waals surface area contributed by atoms with Crippen LogP contribution >= 0.6 is 11.8 Å². The fraction of sp³-hybridized carbons (Fsp3) is 0.192. The molecule has 168 valence electrons. The van der Waals surface area contributed by atoms with Crippen LogP contribution in [0.4, 0.5) is 0 Å². The third-order valence-corrected chi connectivity index (χ3v) is 6.18. The van der Waals surface area contributed by atoms with Gasteiger partial charge in [-0.15, -0.1) is 0 Å². The fourth-order valence-electron chi connectivity index (χ4n) is 3.59. The van der Waals surface area contributed by atoms with Gasteiger partial charge >= 0.3 is 0 Å². The number of carbonyl (C=O) groups excluding carboxylic acids is 1. The highest BCUT2D eigenvalue weighted by Gasteiger charge is 2.17. The first-order valence-electron chi connectivity index (χ1n) is 10.6. The van der Waals surface area contributed by atoms with Crippen molar-refractivity contribution in [2.24, 2.45) is 0 Å². The summed E-state index contributed by atoms with van der Waals surface area (Å²) in [5.41, 5.74) is 2.55. The lowest BCUT2D eigenvalue weighted by atomic mass is 10.1. The number of hydrogen-bond acceptors (Lipinski definition) is 6. The first-order chi connectivity index (χ1) is 16.0. The molecule has 6 nitrogen and oxygen atoms in total. The summed E-state index contributed by atoms with van der Waals surface area (Å²) >= 11 is 1.41. The molecular formula is C26H24N2O4S. The average Bonchev–Trinajstić information content (AvgIpc) is 2.83. The van der Waals surface area contributed by atoms with Gasteiger partial charge in [-0.05, 0) is 56.3 Å². The number of carbonyl (C=O) groups is 1. The maximum absolute atomic E-state index is 13.5. The highest BCUT2D eigenvalue weighted by Crippen LogP contribution is 2.31. The number of hydrogen-bond donors (Lipinski definition) is 0. The summed E-state index contributed by atoms with van der Waals surface area (Å²) in [6.45, 7) is 3.97. The zero-order valence-electron chi connectivity index (χ0n) is 18.7. The van der Waals surface area contributed by atoms with Crippen LogP contribution in [0.25, 0.3) is 16.6 Å². The molecule has 4 rings (SSSR count). The van der Waals surface area contributed by atoms with Gasteiger partial charge in [-0.3, -0.25) is 14.2 Å². The Kier molecular flexibility index (Phi) is 6.79. The van der Waals surface area contributed by atoms with Crippen LogP contribution in [0, 0.1) is 0 Å². The second-order valence-electron chi connectivity index (χ2n) is 7.32. The number of methoxy groups -OCH3 is 1. The van der Waals surface area contributed by atoms with E-state index in [1.807, 2.05) is 61.5 Å². The molecule has 0 aliphatic rings. The van der Waals surface area contributed by atoms with Crippen molar-refractivity contribution < 1.29 is 14.3 Å². The Hall–Kier alpha value is -3.58. The predicted octanol–water partition coefficient (Wildman–Crippen LogP) is 5.29. The van der Waals surface area contributed by atoms with E-state index in [9.17, 15) is 9.59 Å². The van der Waals surface area contributed by atoms with Crippen molar-refractivity contribution in [1.82, 2.24) is 9.55 Å². The molecule has 0 atom stereocenters. The Morgan fingerprint density at radius 1 is 1.03 bits per heavy atom. The second kappa shape index (κ2) is 9.92. The van der Waals surface area contributed by atoms with Crippen molar-refractivity contribution >= 4 is 28.4 Å². The van der Waals surface area contributed by atoms with Gasteiger partial charge in [0.15, 0.2) is 10.9 Å². The van der Waals surface area contributed by atoms with Gasteiger partial charge in [0.2, 0.25) is 0 Å². The summed E-state index contributed by atoms with van der Waals surface area (Å²) < 4.78 is 12.9. The molecule has 0 N–H and O–H groups in total. The van der Waals surface area contributed by atoms with Crippen LogP contribution in [0.2, 0.25) is 0 Å². The zero-order valence-corrected chi connectivity index (χ0v) is 19.5.